The molecule has 3 unspecified atom stereocenters. The van der Waals surface area contributed by atoms with E-state index < -0.39 is 0 Å². The summed E-state index contributed by atoms with van der Waals surface area (Å²) >= 11 is 0. The Balaban J connectivity index is 2.07. The third-order valence-electron chi connectivity index (χ3n) is 4.03. The molecule has 2 rings (SSSR count). The average Bonchev–Trinajstić information content (AvgIpc) is 2.73. The van der Waals surface area contributed by atoms with Crippen LogP contribution >= 0.6 is 0 Å². The molecule has 1 aliphatic heterocycles. The van der Waals surface area contributed by atoms with Crippen LogP contribution in [0.15, 0.2) is 0 Å². The van der Waals surface area contributed by atoms with E-state index in [9.17, 15) is 5.11 Å². The molecule has 76 valence electrons. The third kappa shape index (κ3) is 1.22. The van der Waals surface area contributed by atoms with Crippen molar-refractivity contribution in [3.8, 4) is 0 Å². The van der Waals surface area contributed by atoms with Gasteiger partial charge in [-0.25, -0.2) is 0 Å². The van der Waals surface area contributed by atoms with Crippen molar-refractivity contribution in [2.75, 3.05) is 19.8 Å². The Morgan fingerprint density at radius 3 is 2.85 bits per heavy atom. The lowest BCUT2D eigenvalue weighted by atomic mass is 9.84. The Bertz CT molecular complexity index is 203. The monoisotopic (exact) mass is 185 g/mol. The van der Waals surface area contributed by atoms with E-state index in [4.69, 9.17) is 10.5 Å². The number of hydrogen-bond donors (Lipinski definition) is 2. The van der Waals surface area contributed by atoms with Crippen LogP contribution in [-0.4, -0.2) is 31.0 Å². The highest BCUT2D eigenvalue weighted by Gasteiger charge is 2.66. The second-order valence-corrected chi connectivity index (χ2v) is 4.74. The molecule has 3 N–H and O–H groups in total. The molecule has 1 aliphatic carbocycles. The molecule has 0 amide bonds. The number of nitrogens with two attached hydrogens (primary N) is 1. The molecule has 3 atom stereocenters. The van der Waals surface area contributed by atoms with Gasteiger partial charge in [0.1, 0.15) is 0 Å². The molecule has 0 aromatic heterocycles. The summed E-state index contributed by atoms with van der Waals surface area (Å²) in [6.45, 7) is 3.81. The van der Waals surface area contributed by atoms with Gasteiger partial charge < -0.3 is 15.6 Å². The maximum Gasteiger partial charge on any atom is 0.0552 e. The van der Waals surface area contributed by atoms with Crippen molar-refractivity contribution in [1.29, 1.82) is 0 Å². The van der Waals surface area contributed by atoms with Crippen LogP contribution in [0.25, 0.3) is 0 Å². The van der Waals surface area contributed by atoms with Crippen LogP contribution in [0.4, 0.5) is 0 Å². The second-order valence-electron chi connectivity index (χ2n) is 4.74. The van der Waals surface area contributed by atoms with E-state index in [2.05, 4.69) is 6.92 Å². The van der Waals surface area contributed by atoms with Crippen molar-refractivity contribution in [3.05, 3.63) is 0 Å². The highest BCUT2D eigenvalue weighted by atomic mass is 16.5. The summed E-state index contributed by atoms with van der Waals surface area (Å²) in [5.41, 5.74) is 6.08. The molecule has 1 saturated carbocycles. The summed E-state index contributed by atoms with van der Waals surface area (Å²) in [6, 6.07) is 0. The van der Waals surface area contributed by atoms with E-state index in [1.807, 2.05) is 0 Å². The summed E-state index contributed by atoms with van der Waals surface area (Å²) in [7, 11) is 0. The number of aliphatic hydroxyl groups excluding tert-OH is 1. The number of hydrogen-bond acceptors (Lipinski definition) is 3. The predicted molar refractivity (Wildman–Crippen MR) is 50.3 cm³/mol. The van der Waals surface area contributed by atoms with Gasteiger partial charge in [-0.3, -0.25) is 0 Å². The normalized spacial score (nSPS) is 49.6. The highest BCUT2D eigenvalue weighted by molar-refractivity contribution is 5.15. The van der Waals surface area contributed by atoms with Crippen molar-refractivity contribution >= 4 is 0 Å². The SMILES string of the molecule is CC1CC2(CCO1)CC2(CN)CO. The predicted octanol–water partition coefficient (Wildman–Crippen LogP) is 0.513. The minimum Gasteiger partial charge on any atom is -0.396 e. The van der Waals surface area contributed by atoms with Crippen molar-refractivity contribution in [2.24, 2.45) is 16.6 Å². The van der Waals surface area contributed by atoms with Gasteiger partial charge in [0.25, 0.3) is 0 Å². The van der Waals surface area contributed by atoms with Gasteiger partial charge in [0.05, 0.1) is 12.7 Å². The zero-order valence-corrected chi connectivity index (χ0v) is 8.25. The van der Waals surface area contributed by atoms with Crippen molar-refractivity contribution in [1.82, 2.24) is 0 Å². The molecule has 1 spiro atoms. The number of aliphatic hydroxyl groups is 1. The molecule has 1 saturated heterocycles. The fourth-order valence-electron chi connectivity index (χ4n) is 2.99. The van der Waals surface area contributed by atoms with Crippen LogP contribution in [0.5, 0.6) is 0 Å². The van der Waals surface area contributed by atoms with Crippen LogP contribution < -0.4 is 5.73 Å². The lowest BCUT2D eigenvalue weighted by Gasteiger charge is -2.31. The van der Waals surface area contributed by atoms with E-state index in [0.717, 1.165) is 25.9 Å². The second kappa shape index (κ2) is 2.94. The highest BCUT2D eigenvalue weighted by Crippen LogP contribution is 2.68. The Kier molecular flexibility index (Phi) is 2.13. The molecule has 0 aromatic carbocycles. The van der Waals surface area contributed by atoms with Gasteiger partial charge in [-0.15, -0.1) is 0 Å². The van der Waals surface area contributed by atoms with Gasteiger partial charge in [-0.1, -0.05) is 0 Å². The maximum absolute atomic E-state index is 9.34. The van der Waals surface area contributed by atoms with E-state index in [1.165, 1.54) is 0 Å². The molecule has 0 bridgehead atoms. The number of ether oxygens (including phenoxy) is 1. The van der Waals surface area contributed by atoms with Crippen LogP contribution in [0.2, 0.25) is 0 Å². The standard InChI is InChI=1S/C10H19NO2/c1-8-4-9(2-3-13-8)5-10(9,6-11)7-12/h8,12H,2-7,11H2,1H3. The van der Waals surface area contributed by atoms with Crippen molar-refractivity contribution < 1.29 is 9.84 Å². The zero-order chi connectivity index (χ0) is 9.53. The van der Waals surface area contributed by atoms with E-state index in [1.54, 1.807) is 0 Å². The molecule has 1 heterocycles. The van der Waals surface area contributed by atoms with Gasteiger partial charge in [-0.2, -0.15) is 0 Å². The summed E-state index contributed by atoms with van der Waals surface area (Å²) in [5, 5.41) is 9.34. The Labute approximate surface area is 79.3 Å². The van der Waals surface area contributed by atoms with Crippen LogP contribution in [0.3, 0.4) is 0 Å². The maximum atomic E-state index is 9.34. The van der Waals surface area contributed by atoms with Crippen LogP contribution in [-0.2, 0) is 4.74 Å². The van der Waals surface area contributed by atoms with Gasteiger partial charge in [0.2, 0.25) is 0 Å². The average molecular weight is 185 g/mol. The van der Waals surface area contributed by atoms with Crippen LogP contribution in [0.1, 0.15) is 26.2 Å². The van der Waals surface area contributed by atoms with Crippen molar-refractivity contribution in [3.63, 3.8) is 0 Å². The summed E-state index contributed by atoms with van der Waals surface area (Å²) in [6.07, 6.45) is 3.59. The fourth-order valence-corrected chi connectivity index (χ4v) is 2.99. The first-order valence-corrected chi connectivity index (χ1v) is 5.11. The topological polar surface area (TPSA) is 55.5 Å². The number of rotatable bonds is 2. The molecular weight excluding hydrogens is 166 g/mol. The minimum atomic E-state index is 0.0328. The quantitative estimate of drug-likeness (QED) is 0.659. The zero-order valence-electron chi connectivity index (χ0n) is 8.25. The molecular formula is C10H19NO2. The van der Waals surface area contributed by atoms with Gasteiger partial charge in [-0.05, 0) is 31.6 Å². The van der Waals surface area contributed by atoms with E-state index in [0.29, 0.717) is 18.1 Å². The molecule has 2 aliphatic rings. The summed E-state index contributed by atoms with van der Waals surface area (Å²) in [5.74, 6) is 0. The molecule has 3 nitrogen and oxygen atoms in total. The summed E-state index contributed by atoms with van der Waals surface area (Å²) in [4.78, 5) is 0. The summed E-state index contributed by atoms with van der Waals surface area (Å²) < 4.78 is 5.51. The Morgan fingerprint density at radius 2 is 2.38 bits per heavy atom. The first kappa shape index (κ1) is 9.44. The third-order valence-corrected chi connectivity index (χ3v) is 4.03. The Hall–Kier alpha value is -0.120. The van der Waals surface area contributed by atoms with E-state index >= 15 is 0 Å². The molecule has 13 heavy (non-hydrogen) atoms. The first-order valence-electron chi connectivity index (χ1n) is 5.11. The minimum absolute atomic E-state index is 0.0328. The van der Waals surface area contributed by atoms with Crippen molar-refractivity contribution in [2.45, 2.75) is 32.3 Å². The molecule has 3 heteroatoms. The lowest BCUT2D eigenvalue weighted by Crippen LogP contribution is -2.33. The fraction of sp³-hybridized carbons (Fsp3) is 1.00. The van der Waals surface area contributed by atoms with Gasteiger partial charge in [0, 0.05) is 18.6 Å². The van der Waals surface area contributed by atoms with Gasteiger partial charge >= 0.3 is 0 Å². The molecule has 2 fully saturated rings. The van der Waals surface area contributed by atoms with Crippen LogP contribution in [0, 0.1) is 10.8 Å². The smallest absolute Gasteiger partial charge is 0.0552 e. The first-order chi connectivity index (χ1) is 6.18. The molecule has 0 aromatic rings. The largest absolute Gasteiger partial charge is 0.396 e. The lowest BCUT2D eigenvalue weighted by molar-refractivity contribution is -0.0218. The Morgan fingerprint density at radius 1 is 1.62 bits per heavy atom. The van der Waals surface area contributed by atoms with Gasteiger partial charge in [0.15, 0.2) is 0 Å². The molecule has 0 radical (unpaired) electrons. The van der Waals surface area contributed by atoms with E-state index in [-0.39, 0.29) is 12.0 Å².